The van der Waals surface area contributed by atoms with E-state index in [0.717, 1.165) is 28.3 Å². The molecule has 0 atom stereocenters. The van der Waals surface area contributed by atoms with Crippen LogP contribution in [0.25, 0.3) is 21.7 Å². The molecule has 0 unspecified atom stereocenters. The summed E-state index contributed by atoms with van der Waals surface area (Å²) in [5, 5.41) is 6.09. The van der Waals surface area contributed by atoms with Crippen LogP contribution in [0.2, 0.25) is 0 Å². The molecule has 0 bridgehead atoms. The van der Waals surface area contributed by atoms with Gasteiger partial charge in [0.2, 0.25) is 5.88 Å². The number of nitrogens with zero attached hydrogens (tertiary/aromatic N) is 2. The first-order valence-corrected chi connectivity index (χ1v) is 9.90. The van der Waals surface area contributed by atoms with E-state index < -0.39 is 0 Å². The highest BCUT2D eigenvalue weighted by molar-refractivity contribution is 6.15. The number of amides is 1. The lowest BCUT2D eigenvalue weighted by atomic mass is 10.0. The Morgan fingerprint density at radius 2 is 1.90 bits per heavy atom. The lowest BCUT2D eigenvalue weighted by Crippen LogP contribution is -2.23. The third-order valence-electron chi connectivity index (χ3n) is 5.27. The number of benzene rings is 2. The molecule has 2 aromatic heterocycles. The van der Waals surface area contributed by atoms with Gasteiger partial charge in [-0.2, -0.15) is 0 Å². The van der Waals surface area contributed by atoms with E-state index in [4.69, 9.17) is 4.74 Å². The maximum atomic E-state index is 12.9. The highest BCUT2D eigenvalue weighted by Crippen LogP contribution is 2.29. The van der Waals surface area contributed by atoms with E-state index in [1.54, 1.807) is 12.4 Å². The predicted octanol–water partition coefficient (Wildman–Crippen LogP) is 4.50. The molecule has 1 saturated carbocycles. The molecule has 1 N–H and O–H groups in total. The van der Waals surface area contributed by atoms with Crippen molar-refractivity contribution in [2.45, 2.75) is 19.4 Å². The summed E-state index contributed by atoms with van der Waals surface area (Å²) >= 11 is 0. The summed E-state index contributed by atoms with van der Waals surface area (Å²) in [6.45, 7) is 1.14. The molecular weight excluding hydrogens is 362 g/mol. The van der Waals surface area contributed by atoms with Crippen molar-refractivity contribution < 1.29 is 9.53 Å². The average molecular weight is 383 g/mol. The molecule has 1 fully saturated rings. The van der Waals surface area contributed by atoms with Gasteiger partial charge in [-0.15, -0.1) is 0 Å². The van der Waals surface area contributed by atoms with E-state index in [0.29, 0.717) is 29.4 Å². The van der Waals surface area contributed by atoms with Gasteiger partial charge in [0, 0.05) is 30.4 Å². The Hall–Kier alpha value is -3.47. The smallest absolute Gasteiger partial charge is 0.253 e. The molecular formula is C24H21N3O2. The van der Waals surface area contributed by atoms with E-state index in [2.05, 4.69) is 21.4 Å². The second kappa shape index (κ2) is 7.51. The molecule has 2 heterocycles. The normalized spacial score (nSPS) is 13.5. The van der Waals surface area contributed by atoms with Crippen LogP contribution < -0.4 is 10.1 Å². The van der Waals surface area contributed by atoms with Crippen molar-refractivity contribution >= 4 is 27.6 Å². The van der Waals surface area contributed by atoms with Gasteiger partial charge in [-0.05, 0) is 47.2 Å². The molecule has 4 aromatic rings. The van der Waals surface area contributed by atoms with Crippen LogP contribution in [0.15, 0.2) is 67.0 Å². The van der Waals surface area contributed by atoms with E-state index in [-0.39, 0.29) is 5.91 Å². The number of ether oxygens (including phenoxy) is 1. The molecule has 0 spiro atoms. The van der Waals surface area contributed by atoms with Crippen molar-refractivity contribution in [3.8, 4) is 5.88 Å². The number of carbonyl (C=O) groups excluding carboxylic acids is 1. The van der Waals surface area contributed by atoms with Crippen molar-refractivity contribution in [1.82, 2.24) is 15.3 Å². The van der Waals surface area contributed by atoms with Crippen molar-refractivity contribution in [2.24, 2.45) is 5.92 Å². The molecule has 0 saturated heterocycles. The molecule has 5 rings (SSSR count). The van der Waals surface area contributed by atoms with Crippen LogP contribution >= 0.6 is 0 Å². The lowest BCUT2D eigenvalue weighted by Gasteiger charge is -2.11. The van der Waals surface area contributed by atoms with E-state index in [9.17, 15) is 4.79 Å². The minimum absolute atomic E-state index is 0.145. The molecule has 2 aromatic carbocycles. The van der Waals surface area contributed by atoms with Gasteiger partial charge in [0.25, 0.3) is 5.91 Å². The van der Waals surface area contributed by atoms with Crippen LogP contribution in [-0.2, 0) is 6.54 Å². The maximum absolute atomic E-state index is 12.9. The summed E-state index contributed by atoms with van der Waals surface area (Å²) in [7, 11) is 0. The van der Waals surface area contributed by atoms with Gasteiger partial charge < -0.3 is 10.1 Å². The number of rotatable bonds is 6. The third-order valence-corrected chi connectivity index (χ3v) is 5.27. The number of fused-ring (bicyclic) bond motifs is 3. The van der Waals surface area contributed by atoms with Crippen LogP contribution in [0.1, 0.15) is 28.8 Å². The third kappa shape index (κ3) is 3.76. The Bertz CT molecular complexity index is 1180. The maximum Gasteiger partial charge on any atom is 0.253 e. The fraction of sp³-hybridized carbons (Fsp3) is 0.208. The summed E-state index contributed by atoms with van der Waals surface area (Å²) in [6, 6.07) is 17.7. The predicted molar refractivity (Wildman–Crippen MR) is 113 cm³/mol. The Kier molecular flexibility index (Phi) is 4.56. The second-order valence-corrected chi connectivity index (χ2v) is 7.49. The number of pyridine rings is 2. The SMILES string of the molecule is O=C(NCc1ccc(OCC2CC2)nc1)c1cc2ccccc2c2cccnc12. The molecule has 1 aliphatic rings. The molecule has 5 nitrogen and oxygen atoms in total. The molecule has 29 heavy (non-hydrogen) atoms. The number of aromatic nitrogens is 2. The van der Waals surface area contributed by atoms with Crippen molar-refractivity contribution in [1.29, 1.82) is 0 Å². The first-order valence-electron chi connectivity index (χ1n) is 9.90. The topological polar surface area (TPSA) is 64.1 Å². The van der Waals surface area contributed by atoms with Gasteiger partial charge in [-0.25, -0.2) is 4.98 Å². The van der Waals surface area contributed by atoms with Gasteiger partial charge >= 0.3 is 0 Å². The molecule has 1 aliphatic carbocycles. The molecule has 0 radical (unpaired) electrons. The monoisotopic (exact) mass is 383 g/mol. The lowest BCUT2D eigenvalue weighted by molar-refractivity contribution is 0.0952. The standard InChI is InChI=1S/C24H21N3O2/c28-24(27-14-17-9-10-22(26-13-17)29-15-16-7-8-16)21-12-18-4-1-2-5-19(18)20-6-3-11-25-23(20)21/h1-6,9-13,16H,7-8,14-15H2,(H,27,28). The Morgan fingerprint density at radius 1 is 1.03 bits per heavy atom. The molecule has 144 valence electrons. The van der Waals surface area contributed by atoms with Gasteiger partial charge in [0.15, 0.2) is 0 Å². The zero-order chi connectivity index (χ0) is 19.6. The van der Waals surface area contributed by atoms with Crippen molar-refractivity contribution in [2.75, 3.05) is 6.61 Å². The summed E-state index contributed by atoms with van der Waals surface area (Å²) < 4.78 is 5.66. The van der Waals surface area contributed by atoms with Crippen LogP contribution in [0.4, 0.5) is 0 Å². The first-order chi connectivity index (χ1) is 14.3. The molecule has 1 amide bonds. The number of nitrogens with one attached hydrogen (secondary N) is 1. The van der Waals surface area contributed by atoms with Crippen molar-refractivity contribution in [3.63, 3.8) is 0 Å². The zero-order valence-corrected chi connectivity index (χ0v) is 16.0. The summed E-state index contributed by atoms with van der Waals surface area (Å²) in [6.07, 6.45) is 5.97. The van der Waals surface area contributed by atoms with E-state index in [1.807, 2.05) is 48.5 Å². The van der Waals surface area contributed by atoms with Crippen LogP contribution in [0.5, 0.6) is 5.88 Å². The van der Waals surface area contributed by atoms with Crippen LogP contribution in [0.3, 0.4) is 0 Å². The van der Waals surface area contributed by atoms with Gasteiger partial charge in [0.1, 0.15) is 0 Å². The fourth-order valence-corrected chi connectivity index (χ4v) is 3.47. The summed E-state index contributed by atoms with van der Waals surface area (Å²) in [5.41, 5.74) is 2.22. The number of carbonyl (C=O) groups is 1. The van der Waals surface area contributed by atoms with Crippen LogP contribution in [-0.4, -0.2) is 22.5 Å². The Morgan fingerprint density at radius 3 is 2.72 bits per heavy atom. The highest BCUT2D eigenvalue weighted by Gasteiger charge is 2.22. The average Bonchev–Trinajstić information content (AvgIpc) is 3.61. The Balaban J connectivity index is 1.34. The summed E-state index contributed by atoms with van der Waals surface area (Å²) in [5.74, 6) is 1.19. The minimum Gasteiger partial charge on any atom is -0.477 e. The fourth-order valence-electron chi connectivity index (χ4n) is 3.47. The number of hydrogen-bond donors (Lipinski definition) is 1. The minimum atomic E-state index is -0.145. The van der Waals surface area contributed by atoms with Gasteiger partial charge in [0.05, 0.1) is 17.7 Å². The molecule has 0 aliphatic heterocycles. The number of hydrogen-bond acceptors (Lipinski definition) is 4. The summed E-state index contributed by atoms with van der Waals surface area (Å²) in [4.78, 5) is 21.7. The van der Waals surface area contributed by atoms with Gasteiger partial charge in [-0.3, -0.25) is 9.78 Å². The van der Waals surface area contributed by atoms with Gasteiger partial charge in [-0.1, -0.05) is 36.4 Å². The zero-order valence-electron chi connectivity index (χ0n) is 16.0. The highest BCUT2D eigenvalue weighted by atomic mass is 16.5. The van der Waals surface area contributed by atoms with Crippen LogP contribution in [0, 0.1) is 5.92 Å². The molecule has 5 heteroatoms. The van der Waals surface area contributed by atoms with E-state index in [1.165, 1.54) is 12.8 Å². The second-order valence-electron chi connectivity index (χ2n) is 7.49. The first kappa shape index (κ1) is 17.6. The Labute approximate surface area is 168 Å². The quantitative estimate of drug-likeness (QED) is 0.498. The van der Waals surface area contributed by atoms with Crippen molar-refractivity contribution in [3.05, 3.63) is 78.1 Å². The van der Waals surface area contributed by atoms with E-state index >= 15 is 0 Å². The largest absolute Gasteiger partial charge is 0.477 e.